The lowest BCUT2D eigenvalue weighted by molar-refractivity contribution is -0.384. The maximum Gasteiger partial charge on any atom is 0.329 e. The van der Waals surface area contributed by atoms with Gasteiger partial charge in [-0.2, -0.15) is 5.10 Å². The van der Waals surface area contributed by atoms with Gasteiger partial charge in [-0.05, 0) is 37.1 Å². The molecule has 2 N–H and O–H groups in total. The number of rotatable bonds is 4. The Hall–Kier alpha value is -3.55. The van der Waals surface area contributed by atoms with Gasteiger partial charge < -0.3 is 5.32 Å². The van der Waals surface area contributed by atoms with Gasteiger partial charge >= 0.3 is 11.8 Å². The number of hydrogen-bond donors (Lipinski definition) is 2. The van der Waals surface area contributed by atoms with Gasteiger partial charge in [0.15, 0.2) is 0 Å². The van der Waals surface area contributed by atoms with E-state index >= 15 is 0 Å². The first-order chi connectivity index (χ1) is 11.9. The summed E-state index contributed by atoms with van der Waals surface area (Å²) in [4.78, 5) is 33.7. The van der Waals surface area contributed by atoms with Crippen molar-refractivity contribution in [3.63, 3.8) is 0 Å². The van der Waals surface area contributed by atoms with E-state index in [0.717, 1.165) is 11.1 Å². The molecule has 2 rings (SSSR count). The molecule has 2 amide bonds. The van der Waals surface area contributed by atoms with Gasteiger partial charge in [0.2, 0.25) is 0 Å². The lowest BCUT2D eigenvalue weighted by atomic mass is 10.1. The number of hydrogen-bond acceptors (Lipinski definition) is 5. The van der Waals surface area contributed by atoms with Gasteiger partial charge in [-0.1, -0.05) is 18.2 Å². The van der Waals surface area contributed by atoms with E-state index in [1.54, 1.807) is 18.2 Å². The Morgan fingerprint density at radius 1 is 1.08 bits per heavy atom. The molecule has 25 heavy (non-hydrogen) atoms. The Kier molecular flexibility index (Phi) is 5.57. The summed E-state index contributed by atoms with van der Waals surface area (Å²) < 4.78 is 0. The molecule has 0 atom stereocenters. The van der Waals surface area contributed by atoms with Gasteiger partial charge in [-0.25, -0.2) is 5.43 Å². The first-order valence-corrected chi connectivity index (χ1v) is 7.33. The quantitative estimate of drug-likeness (QED) is 0.385. The number of non-ortho nitro benzene ring substituents is 1. The average Bonchev–Trinajstić information content (AvgIpc) is 2.58. The van der Waals surface area contributed by atoms with Gasteiger partial charge in [0, 0.05) is 23.4 Å². The number of benzene rings is 2. The fourth-order valence-corrected chi connectivity index (χ4v) is 1.94. The molecule has 128 valence electrons. The molecule has 2 aromatic rings. The van der Waals surface area contributed by atoms with Crippen LogP contribution in [0.2, 0.25) is 0 Å². The molecule has 0 aliphatic heterocycles. The van der Waals surface area contributed by atoms with E-state index in [1.807, 2.05) is 19.9 Å². The van der Waals surface area contributed by atoms with E-state index in [2.05, 4.69) is 15.8 Å². The lowest BCUT2D eigenvalue weighted by Gasteiger charge is -2.06. The summed E-state index contributed by atoms with van der Waals surface area (Å²) in [6.07, 6.45) is 1.22. The zero-order chi connectivity index (χ0) is 18.4. The van der Waals surface area contributed by atoms with Crippen LogP contribution in [0.4, 0.5) is 11.4 Å². The van der Waals surface area contributed by atoms with Crippen molar-refractivity contribution in [2.45, 2.75) is 13.8 Å². The fraction of sp³-hybridized carbons (Fsp3) is 0.118. The summed E-state index contributed by atoms with van der Waals surface area (Å²) in [6.45, 7) is 3.84. The first kappa shape index (κ1) is 17.8. The minimum atomic E-state index is -0.945. The largest absolute Gasteiger partial charge is 0.329 e. The van der Waals surface area contributed by atoms with Crippen molar-refractivity contribution in [3.8, 4) is 0 Å². The van der Waals surface area contributed by atoms with Gasteiger partial charge in [-0.3, -0.25) is 19.7 Å². The highest BCUT2D eigenvalue weighted by Gasteiger charge is 2.13. The SMILES string of the molecule is Cc1ccc(NC(=O)C(=O)NN=Cc2cccc([N+](=O)[O-])c2)cc1C. The number of carbonyl (C=O) groups excluding carboxylic acids is 2. The number of hydrazone groups is 1. The normalized spacial score (nSPS) is 10.5. The minimum Gasteiger partial charge on any atom is -0.318 e. The minimum absolute atomic E-state index is 0.0947. The first-order valence-electron chi connectivity index (χ1n) is 7.33. The molecule has 0 saturated heterocycles. The van der Waals surface area contributed by atoms with Crippen LogP contribution in [0.5, 0.6) is 0 Å². The van der Waals surface area contributed by atoms with E-state index in [0.29, 0.717) is 11.3 Å². The number of nitro benzene ring substituents is 1. The smallest absolute Gasteiger partial charge is 0.318 e. The Balaban J connectivity index is 1.94. The lowest BCUT2D eigenvalue weighted by Crippen LogP contribution is -2.32. The topological polar surface area (TPSA) is 114 Å². The van der Waals surface area contributed by atoms with Crippen molar-refractivity contribution in [2.75, 3.05) is 5.32 Å². The molecular formula is C17H16N4O4. The molecule has 0 spiro atoms. The summed E-state index contributed by atoms with van der Waals surface area (Å²) in [5.41, 5.74) is 4.97. The van der Waals surface area contributed by atoms with Gasteiger partial charge in [0.05, 0.1) is 11.1 Å². The molecule has 0 aliphatic rings. The molecule has 8 heteroatoms. The molecule has 0 saturated carbocycles. The highest BCUT2D eigenvalue weighted by Crippen LogP contribution is 2.14. The number of aryl methyl sites for hydroxylation is 2. The number of nitro groups is 1. The van der Waals surface area contributed by atoms with E-state index < -0.39 is 16.7 Å². The number of amides is 2. The predicted octanol–water partition coefficient (Wildman–Crippen LogP) is 2.30. The van der Waals surface area contributed by atoms with Crippen molar-refractivity contribution in [1.29, 1.82) is 0 Å². The maximum atomic E-state index is 11.8. The van der Waals surface area contributed by atoms with Gasteiger partial charge in [0.25, 0.3) is 5.69 Å². The summed E-state index contributed by atoms with van der Waals surface area (Å²) in [7, 11) is 0. The molecular weight excluding hydrogens is 324 g/mol. The fourth-order valence-electron chi connectivity index (χ4n) is 1.94. The standard InChI is InChI=1S/C17H16N4O4/c1-11-6-7-14(8-12(11)2)19-16(22)17(23)20-18-10-13-4-3-5-15(9-13)21(24)25/h3-10H,1-2H3,(H,19,22)(H,20,23). The summed E-state index contributed by atoms with van der Waals surface area (Å²) in [5.74, 6) is -1.81. The van der Waals surface area contributed by atoms with E-state index in [-0.39, 0.29) is 5.69 Å². The number of nitrogens with one attached hydrogen (secondary N) is 2. The molecule has 0 aliphatic carbocycles. The number of carbonyl (C=O) groups is 2. The molecule has 0 fully saturated rings. The monoisotopic (exact) mass is 340 g/mol. The molecule has 8 nitrogen and oxygen atoms in total. The number of nitrogens with zero attached hydrogens (tertiary/aromatic N) is 2. The third-order valence-electron chi connectivity index (χ3n) is 3.43. The predicted molar refractivity (Wildman–Crippen MR) is 93.4 cm³/mol. The van der Waals surface area contributed by atoms with Crippen molar-refractivity contribution in [2.24, 2.45) is 5.10 Å². The summed E-state index contributed by atoms with van der Waals surface area (Å²) in [5, 5.41) is 16.8. The van der Waals surface area contributed by atoms with E-state index in [9.17, 15) is 19.7 Å². The van der Waals surface area contributed by atoms with Gasteiger partial charge in [-0.15, -0.1) is 0 Å². The molecule has 0 bridgehead atoms. The Bertz CT molecular complexity index is 861. The molecule has 0 aromatic heterocycles. The van der Waals surface area contributed by atoms with Crippen molar-refractivity contribution < 1.29 is 14.5 Å². The molecule has 2 aromatic carbocycles. The van der Waals surface area contributed by atoms with Crippen LogP contribution in [0.1, 0.15) is 16.7 Å². The molecule has 0 radical (unpaired) electrons. The van der Waals surface area contributed by atoms with Crippen LogP contribution in [0.15, 0.2) is 47.6 Å². The van der Waals surface area contributed by atoms with Crippen LogP contribution >= 0.6 is 0 Å². The maximum absolute atomic E-state index is 11.8. The molecule has 0 unspecified atom stereocenters. The zero-order valence-electron chi connectivity index (χ0n) is 13.6. The summed E-state index contributed by atoms with van der Waals surface area (Å²) >= 11 is 0. The van der Waals surface area contributed by atoms with Crippen molar-refractivity contribution in [1.82, 2.24) is 5.43 Å². The highest BCUT2D eigenvalue weighted by molar-refractivity contribution is 6.39. The van der Waals surface area contributed by atoms with Crippen molar-refractivity contribution in [3.05, 3.63) is 69.3 Å². The van der Waals surface area contributed by atoms with Crippen molar-refractivity contribution >= 4 is 29.4 Å². The Labute approximate surface area is 143 Å². The second-order valence-electron chi connectivity index (χ2n) is 5.30. The second-order valence-corrected chi connectivity index (χ2v) is 5.30. The van der Waals surface area contributed by atoms with Crippen LogP contribution in [-0.2, 0) is 9.59 Å². The van der Waals surface area contributed by atoms with Crippen LogP contribution in [0.3, 0.4) is 0 Å². The zero-order valence-corrected chi connectivity index (χ0v) is 13.6. The van der Waals surface area contributed by atoms with Crippen LogP contribution in [0, 0.1) is 24.0 Å². The third kappa shape index (κ3) is 4.96. The average molecular weight is 340 g/mol. The van der Waals surface area contributed by atoms with E-state index in [4.69, 9.17) is 0 Å². The second kappa shape index (κ2) is 7.82. The Morgan fingerprint density at radius 3 is 2.52 bits per heavy atom. The number of anilines is 1. The van der Waals surface area contributed by atoms with E-state index in [1.165, 1.54) is 24.4 Å². The third-order valence-corrected chi connectivity index (χ3v) is 3.43. The van der Waals surface area contributed by atoms with Crippen LogP contribution in [0.25, 0.3) is 0 Å². The summed E-state index contributed by atoms with van der Waals surface area (Å²) in [6, 6.07) is 11.0. The highest BCUT2D eigenvalue weighted by atomic mass is 16.6. The Morgan fingerprint density at radius 2 is 1.84 bits per heavy atom. The molecule has 0 heterocycles. The van der Waals surface area contributed by atoms with Crippen LogP contribution < -0.4 is 10.7 Å². The van der Waals surface area contributed by atoms with Crippen LogP contribution in [-0.4, -0.2) is 23.0 Å². The van der Waals surface area contributed by atoms with Gasteiger partial charge in [0.1, 0.15) is 0 Å².